The second kappa shape index (κ2) is 9.21. The summed E-state index contributed by atoms with van der Waals surface area (Å²) in [7, 11) is 0. The fourth-order valence-electron chi connectivity index (χ4n) is 1.15. The first kappa shape index (κ1) is 16.1. The first-order valence-corrected chi connectivity index (χ1v) is 5.72. The van der Waals surface area contributed by atoms with Gasteiger partial charge in [0, 0.05) is 32.4 Å². The summed E-state index contributed by atoms with van der Waals surface area (Å²) in [6.07, 6.45) is 2.36. The van der Waals surface area contributed by atoms with Crippen LogP contribution in [0, 0.1) is 0 Å². The Hall–Kier alpha value is -1.85. The first-order chi connectivity index (χ1) is 8.41. The van der Waals surface area contributed by atoms with Crippen molar-refractivity contribution < 1.29 is 24.2 Å². The molecular formula is C12H19NO5. The fourth-order valence-corrected chi connectivity index (χ4v) is 1.15. The third kappa shape index (κ3) is 10.7. The van der Waals surface area contributed by atoms with Crippen LogP contribution in [0.15, 0.2) is 11.6 Å². The molecule has 6 heteroatoms. The van der Waals surface area contributed by atoms with Gasteiger partial charge in [-0.15, -0.1) is 0 Å². The molecule has 0 radical (unpaired) electrons. The Morgan fingerprint density at radius 1 is 1.22 bits per heavy atom. The summed E-state index contributed by atoms with van der Waals surface area (Å²) in [4.78, 5) is 32.1. The van der Waals surface area contributed by atoms with Crippen LogP contribution in [0.25, 0.3) is 0 Å². The van der Waals surface area contributed by atoms with Crippen molar-refractivity contribution in [3.63, 3.8) is 0 Å². The number of carboxylic acids is 1. The molecule has 0 bridgehead atoms. The van der Waals surface area contributed by atoms with Crippen LogP contribution in [0.3, 0.4) is 0 Å². The molecule has 0 aromatic heterocycles. The Kier molecular flexibility index (Phi) is 8.26. The van der Waals surface area contributed by atoms with Gasteiger partial charge >= 0.3 is 11.9 Å². The normalized spacial score (nSPS) is 10.9. The van der Waals surface area contributed by atoms with E-state index in [0.29, 0.717) is 19.4 Å². The first-order valence-electron chi connectivity index (χ1n) is 5.72. The van der Waals surface area contributed by atoms with Gasteiger partial charge in [0.25, 0.3) is 0 Å². The molecule has 0 unspecified atom stereocenters. The molecule has 0 saturated carbocycles. The fraction of sp³-hybridized carbons (Fsp3) is 0.583. The van der Waals surface area contributed by atoms with Gasteiger partial charge in [0.1, 0.15) is 0 Å². The molecule has 0 fully saturated rings. The van der Waals surface area contributed by atoms with Gasteiger partial charge in [0.05, 0.1) is 6.61 Å². The number of nitrogens with one attached hydrogen (secondary N) is 1. The van der Waals surface area contributed by atoms with Crippen LogP contribution in [0.1, 0.15) is 33.1 Å². The predicted octanol–water partition coefficient (Wildman–Crippen LogP) is 0.867. The van der Waals surface area contributed by atoms with Crippen LogP contribution in [0.2, 0.25) is 0 Å². The van der Waals surface area contributed by atoms with Crippen molar-refractivity contribution in [1.29, 1.82) is 0 Å². The molecule has 0 rings (SSSR count). The lowest BCUT2D eigenvalue weighted by Gasteiger charge is -2.03. The summed E-state index contributed by atoms with van der Waals surface area (Å²) < 4.78 is 4.74. The maximum Gasteiger partial charge on any atom is 0.303 e. The maximum atomic E-state index is 11.4. The molecule has 0 aromatic carbocycles. The molecule has 102 valence electrons. The van der Waals surface area contributed by atoms with Crippen molar-refractivity contribution in [3.8, 4) is 0 Å². The highest BCUT2D eigenvalue weighted by Crippen LogP contribution is 2.00. The molecule has 18 heavy (non-hydrogen) atoms. The summed E-state index contributed by atoms with van der Waals surface area (Å²) in [6.45, 7) is 3.68. The number of carboxylic acid groups (broad SMARTS) is 1. The van der Waals surface area contributed by atoms with Gasteiger partial charge in [0.15, 0.2) is 0 Å². The molecule has 0 aromatic rings. The number of aliphatic carboxylic acids is 1. The van der Waals surface area contributed by atoms with Crippen molar-refractivity contribution in [3.05, 3.63) is 11.6 Å². The lowest BCUT2D eigenvalue weighted by Crippen LogP contribution is -2.23. The summed E-state index contributed by atoms with van der Waals surface area (Å²) in [5, 5.41) is 11.0. The van der Waals surface area contributed by atoms with E-state index in [9.17, 15) is 14.4 Å². The average molecular weight is 257 g/mol. The smallest absolute Gasteiger partial charge is 0.303 e. The minimum Gasteiger partial charge on any atom is -0.481 e. The molecule has 0 saturated heterocycles. The van der Waals surface area contributed by atoms with Gasteiger partial charge in [-0.1, -0.05) is 5.57 Å². The van der Waals surface area contributed by atoms with Crippen molar-refractivity contribution in [1.82, 2.24) is 5.32 Å². The zero-order chi connectivity index (χ0) is 14.0. The van der Waals surface area contributed by atoms with E-state index in [1.807, 2.05) is 0 Å². The number of amides is 1. The Bertz CT molecular complexity index is 335. The molecule has 1 amide bonds. The molecule has 0 aliphatic rings. The monoisotopic (exact) mass is 257 g/mol. The SMILES string of the molecule is CC(=O)OCCC(C)=CC(=O)NCCCC(=O)O. The van der Waals surface area contributed by atoms with Gasteiger partial charge in [-0.05, 0) is 13.3 Å². The van der Waals surface area contributed by atoms with E-state index in [2.05, 4.69) is 5.32 Å². The van der Waals surface area contributed by atoms with Crippen LogP contribution in [-0.2, 0) is 19.1 Å². The van der Waals surface area contributed by atoms with E-state index < -0.39 is 5.97 Å². The number of hydrogen-bond donors (Lipinski definition) is 2. The zero-order valence-corrected chi connectivity index (χ0v) is 10.7. The van der Waals surface area contributed by atoms with Gasteiger partial charge in [0.2, 0.25) is 5.91 Å². The van der Waals surface area contributed by atoms with E-state index in [-0.39, 0.29) is 24.9 Å². The summed E-state index contributed by atoms with van der Waals surface area (Å²) in [5.41, 5.74) is 0.798. The summed E-state index contributed by atoms with van der Waals surface area (Å²) >= 11 is 0. The maximum absolute atomic E-state index is 11.4. The van der Waals surface area contributed by atoms with E-state index in [1.165, 1.54) is 13.0 Å². The number of hydrogen-bond acceptors (Lipinski definition) is 4. The minimum atomic E-state index is -0.877. The van der Waals surface area contributed by atoms with Crippen molar-refractivity contribution >= 4 is 17.8 Å². The topological polar surface area (TPSA) is 92.7 Å². The minimum absolute atomic E-state index is 0.0371. The molecule has 0 aliphatic heterocycles. The lowest BCUT2D eigenvalue weighted by atomic mass is 10.2. The van der Waals surface area contributed by atoms with Crippen LogP contribution in [0.5, 0.6) is 0 Å². The highest BCUT2D eigenvalue weighted by molar-refractivity contribution is 5.88. The lowest BCUT2D eigenvalue weighted by molar-refractivity contribution is -0.141. The molecule has 0 heterocycles. The number of ether oxygens (including phenoxy) is 1. The second-order valence-corrected chi connectivity index (χ2v) is 3.87. The third-order valence-electron chi connectivity index (χ3n) is 2.05. The van der Waals surface area contributed by atoms with Crippen molar-refractivity contribution in [2.45, 2.75) is 33.1 Å². The number of carbonyl (C=O) groups excluding carboxylic acids is 2. The number of esters is 1. The third-order valence-corrected chi connectivity index (χ3v) is 2.05. The molecule has 6 nitrogen and oxygen atoms in total. The highest BCUT2D eigenvalue weighted by Gasteiger charge is 2.01. The molecule has 0 atom stereocenters. The Balaban J connectivity index is 3.76. The molecule has 0 spiro atoms. The zero-order valence-electron chi connectivity index (χ0n) is 10.7. The van der Waals surface area contributed by atoms with Gasteiger partial charge in [-0.3, -0.25) is 14.4 Å². The average Bonchev–Trinajstić information content (AvgIpc) is 2.23. The van der Waals surface area contributed by atoms with E-state index in [0.717, 1.165) is 5.57 Å². The Labute approximate surface area is 106 Å². The van der Waals surface area contributed by atoms with Gasteiger partial charge in [-0.25, -0.2) is 0 Å². The van der Waals surface area contributed by atoms with E-state index >= 15 is 0 Å². The van der Waals surface area contributed by atoms with Crippen molar-refractivity contribution in [2.24, 2.45) is 0 Å². The van der Waals surface area contributed by atoms with E-state index in [1.54, 1.807) is 6.92 Å². The van der Waals surface area contributed by atoms with Crippen LogP contribution in [0.4, 0.5) is 0 Å². The largest absolute Gasteiger partial charge is 0.481 e. The van der Waals surface area contributed by atoms with Gasteiger partial charge < -0.3 is 15.2 Å². The molecule has 0 aliphatic carbocycles. The Morgan fingerprint density at radius 3 is 2.44 bits per heavy atom. The van der Waals surface area contributed by atoms with Gasteiger partial charge in [-0.2, -0.15) is 0 Å². The number of carbonyl (C=O) groups is 3. The standard InChI is InChI=1S/C12H19NO5/c1-9(5-7-18-10(2)14)8-11(15)13-6-3-4-12(16)17/h8H,3-7H2,1-2H3,(H,13,15)(H,16,17). The van der Waals surface area contributed by atoms with E-state index in [4.69, 9.17) is 9.84 Å². The highest BCUT2D eigenvalue weighted by atomic mass is 16.5. The molecular weight excluding hydrogens is 238 g/mol. The second-order valence-electron chi connectivity index (χ2n) is 3.87. The van der Waals surface area contributed by atoms with Crippen LogP contribution < -0.4 is 5.32 Å². The van der Waals surface area contributed by atoms with Crippen LogP contribution >= 0.6 is 0 Å². The predicted molar refractivity (Wildman–Crippen MR) is 64.9 cm³/mol. The quantitative estimate of drug-likeness (QED) is 0.382. The van der Waals surface area contributed by atoms with Crippen molar-refractivity contribution in [2.75, 3.05) is 13.2 Å². The summed E-state index contributed by atoms with van der Waals surface area (Å²) in [6, 6.07) is 0. The number of rotatable bonds is 8. The van der Waals surface area contributed by atoms with Crippen LogP contribution in [-0.4, -0.2) is 36.1 Å². The Morgan fingerprint density at radius 2 is 1.89 bits per heavy atom. The summed E-state index contributed by atoms with van der Waals surface area (Å²) in [5.74, 6) is -1.49. The molecule has 2 N–H and O–H groups in total.